The average Bonchev–Trinajstić information content (AvgIpc) is 2.83. The lowest BCUT2D eigenvalue weighted by atomic mass is 10.1. The van der Waals surface area contributed by atoms with Crippen LogP contribution in [-0.2, 0) is 4.79 Å². The number of carbonyl (C=O) groups excluding carboxylic acids is 2. The van der Waals surface area contributed by atoms with Crippen molar-refractivity contribution in [2.24, 2.45) is 5.10 Å². The van der Waals surface area contributed by atoms with Crippen LogP contribution in [0.15, 0.2) is 33.8 Å². The number of amides is 2. The van der Waals surface area contributed by atoms with Crippen LogP contribution in [0.2, 0.25) is 0 Å². The summed E-state index contributed by atoms with van der Waals surface area (Å²) in [5.74, 6) is 0.815. The summed E-state index contributed by atoms with van der Waals surface area (Å²) in [6.45, 7) is 2.49. The number of phenolic OH excluding ortho intramolecular Hbond substituents is 1. The number of hydrazone groups is 1. The molecular formula is C23H28BrN3O7. The molecule has 2 aromatic carbocycles. The highest BCUT2D eigenvalue weighted by atomic mass is 79.9. The molecule has 0 aliphatic rings. The minimum atomic E-state index is -0.333. The van der Waals surface area contributed by atoms with Crippen molar-refractivity contribution in [2.45, 2.75) is 19.8 Å². The molecule has 0 unspecified atom stereocenters. The normalized spacial score (nSPS) is 10.6. The van der Waals surface area contributed by atoms with E-state index in [4.69, 9.17) is 18.9 Å². The van der Waals surface area contributed by atoms with Crippen LogP contribution in [0.1, 0.15) is 35.7 Å². The van der Waals surface area contributed by atoms with E-state index in [1.807, 2.05) is 0 Å². The zero-order valence-electron chi connectivity index (χ0n) is 19.4. The largest absolute Gasteiger partial charge is 0.503 e. The van der Waals surface area contributed by atoms with Gasteiger partial charge in [0, 0.05) is 18.5 Å². The lowest BCUT2D eigenvalue weighted by Crippen LogP contribution is -2.26. The number of nitrogens with zero attached hydrogens (tertiary/aromatic N) is 1. The maximum atomic E-state index is 12.5. The zero-order chi connectivity index (χ0) is 25.1. The van der Waals surface area contributed by atoms with Crippen molar-refractivity contribution in [1.82, 2.24) is 10.7 Å². The van der Waals surface area contributed by atoms with E-state index in [9.17, 15) is 14.7 Å². The lowest BCUT2D eigenvalue weighted by molar-refractivity contribution is -0.121. The molecule has 0 saturated heterocycles. The first-order valence-electron chi connectivity index (χ1n) is 10.4. The number of carbonyl (C=O) groups is 2. The Morgan fingerprint density at radius 2 is 1.74 bits per heavy atom. The summed E-state index contributed by atoms with van der Waals surface area (Å²) in [7, 11) is 4.42. The Kier molecular flexibility index (Phi) is 10.5. The molecular weight excluding hydrogens is 510 g/mol. The Bertz CT molecular complexity index is 1020. The van der Waals surface area contributed by atoms with Crippen molar-refractivity contribution in [3.05, 3.63) is 39.9 Å². The van der Waals surface area contributed by atoms with Crippen LogP contribution in [-0.4, -0.2) is 57.6 Å². The van der Waals surface area contributed by atoms with Crippen molar-refractivity contribution in [1.29, 1.82) is 0 Å². The first-order chi connectivity index (χ1) is 16.3. The molecule has 0 spiro atoms. The van der Waals surface area contributed by atoms with Gasteiger partial charge in [-0.15, -0.1) is 0 Å². The SMILES string of the molecule is CCOc1cc(C=NNC(=O)CCCNC(=O)c2cc(OC)c(OC)c(OC)c2)cc(Br)c1O. The molecule has 34 heavy (non-hydrogen) atoms. The van der Waals surface area contributed by atoms with Crippen LogP contribution >= 0.6 is 15.9 Å². The van der Waals surface area contributed by atoms with Gasteiger partial charge >= 0.3 is 0 Å². The molecule has 0 bridgehead atoms. The van der Waals surface area contributed by atoms with Gasteiger partial charge in [0.25, 0.3) is 5.91 Å². The maximum Gasteiger partial charge on any atom is 0.251 e. The molecule has 3 N–H and O–H groups in total. The number of hydrogen-bond donors (Lipinski definition) is 3. The summed E-state index contributed by atoms with van der Waals surface area (Å²) in [6.07, 6.45) is 2.02. The van der Waals surface area contributed by atoms with Crippen molar-refractivity contribution >= 4 is 34.0 Å². The van der Waals surface area contributed by atoms with E-state index in [1.165, 1.54) is 27.5 Å². The number of halogens is 1. The fraction of sp³-hybridized carbons (Fsp3) is 0.348. The lowest BCUT2D eigenvalue weighted by Gasteiger charge is -2.14. The fourth-order valence-corrected chi connectivity index (χ4v) is 3.39. The molecule has 0 aliphatic carbocycles. The highest BCUT2D eigenvalue weighted by Crippen LogP contribution is 2.38. The second-order valence-corrected chi connectivity index (χ2v) is 7.70. The average molecular weight is 538 g/mol. The molecule has 2 aromatic rings. The van der Waals surface area contributed by atoms with Crippen molar-refractivity contribution in [3.8, 4) is 28.7 Å². The van der Waals surface area contributed by atoms with Gasteiger partial charge in [-0.1, -0.05) is 0 Å². The molecule has 2 amide bonds. The van der Waals surface area contributed by atoms with E-state index < -0.39 is 0 Å². The minimum absolute atomic E-state index is 0.00314. The molecule has 0 atom stereocenters. The molecule has 2 rings (SSSR count). The Morgan fingerprint density at radius 1 is 1.06 bits per heavy atom. The van der Waals surface area contributed by atoms with Gasteiger partial charge in [0.1, 0.15) is 0 Å². The molecule has 0 radical (unpaired) electrons. The third kappa shape index (κ3) is 7.27. The highest BCUT2D eigenvalue weighted by Gasteiger charge is 2.17. The predicted molar refractivity (Wildman–Crippen MR) is 130 cm³/mol. The Balaban J connectivity index is 1.83. The van der Waals surface area contributed by atoms with E-state index in [-0.39, 0.29) is 30.5 Å². The molecule has 11 heteroatoms. The summed E-state index contributed by atoms with van der Waals surface area (Å²) in [6, 6.07) is 6.36. The first kappa shape index (κ1) is 26.8. The zero-order valence-corrected chi connectivity index (χ0v) is 21.0. The Hall–Kier alpha value is -3.47. The molecule has 0 fully saturated rings. The number of aromatic hydroxyl groups is 1. The number of rotatable bonds is 12. The van der Waals surface area contributed by atoms with Gasteiger partial charge in [-0.3, -0.25) is 9.59 Å². The molecule has 0 aliphatic heterocycles. The van der Waals surface area contributed by atoms with Crippen LogP contribution in [0.25, 0.3) is 0 Å². The summed E-state index contributed by atoms with van der Waals surface area (Å²) < 4.78 is 21.6. The van der Waals surface area contributed by atoms with E-state index in [0.717, 1.165) is 0 Å². The number of methoxy groups -OCH3 is 3. The van der Waals surface area contributed by atoms with E-state index >= 15 is 0 Å². The number of benzene rings is 2. The summed E-state index contributed by atoms with van der Waals surface area (Å²) in [4.78, 5) is 24.5. The van der Waals surface area contributed by atoms with Crippen molar-refractivity contribution in [2.75, 3.05) is 34.5 Å². The maximum absolute atomic E-state index is 12.5. The van der Waals surface area contributed by atoms with Crippen LogP contribution in [0.5, 0.6) is 28.7 Å². The summed E-state index contributed by atoms with van der Waals surface area (Å²) in [5, 5.41) is 16.6. The van der Waals surface area contributed by atoms with Gasteiger partial charge in [-0.2, -0.15) is 5.10 Å². The highest BCUT2D eigenvalue weighted by molar-refractivity contribution is 9.10. The number of ether oxygens (including phenoxy) is 4. The number of hydrogen-bond acceptors (Lipinski definition) is 8. The molecule has 0 saturated carbocycles. The van der Waals surface area contributed by atoms with E-state index in [1.54, 1.807) is 31.2 Å². The summed E-state index contributed by atoms with van der Waals surface area (Å²) in [5.41, 5.74) is 3.40. The van der Waals surface area contributed by atoms with Gasteiger partial charge in [0.2, 0.25) is 11.7 Å². The topological polar surface area (TPSA) is 128 Å². The molecule has 0 aromatic heterocycles. The van der Waals surface area contributed by atoms with Crippen LogP contribution in [0, 0.1) is 0 Å². The molecule has 0 heterocycles. The number of phenols is 1. The monoisotopic (exact) mass is 537 g/mol. The third-order valence-corrected chi connectivity index (χ3v) is 5.15. The fourth-order valence-electron chi connectivity index (χ4n) is 2.93. The molecule has 184 valence electrons. The minimum Gasteiger partial charge on any atom is -0.503 e. The first-order valence-corrected chi connectivity index (χ1v) is 11.2. The van der Waals surface area contributed by atoms with Gasteiger partial charge in [-0.05, 0) is 59.1 Å². The van der Waals surface area contributed by atoms with Gasteiger partial charge in [-0.25, -0.2) is 5.43 Å². The van der Waals surface area contributed by atoms with E-state index in [0.29, 0.717) is 51.6 Å². The van der Waals surface area contributed by atoms with Gasteiger partial charge in [0.15, 0.2) is 23.0 Å². The summed E-state index contributed by atoms with van der Waals surface area (Å²) >= 11 is 3.25. The Labute approximate surface area is 206 Å². The van der Waals surface area contributed by atoms with Crippen LogP contribution < -0.4 is 29.7 Å². The van der Waals surface area contributed by atoms with Gasteiger partial charge in [0.05, 0.1) is 38.6 Å². The smallest absolute Gasteiger partial charge is 0.251 e. The van der Waals surface area contributed by atoms with Gasteiger partial charge < -0.3 is 29.4 Å². The second kappa shape index (κ2) is 13.3. The van der Waals surface area contributed by atoms with E-state index in [2.05, 4.69) is 31.8 Å². The van der Waals surface area contributed by atoms with Crippen molar-refractivity contribution in [3.63, 3.8) is 0 Å². The van der Waals surface area contributed by atoms with Crippen molar-refractivity contribution < 1.29 is 33.6 Å². The third-order valence-electron chi connectivity index (χ3n) is 4.55. The van der Waals surface area contributed by atoms with Crippen LogP contribution in [0.3, 0.4) is 0 Å². The Morgan fingerprint density at radius 3 is 2.32 bits per heavy atom. The molecule has 10 nitrogen and oxygen atoms in total. The standard InChI is InChI=1S/C23H28BrN3O7/c1-5-34-17-10-14(9-16(24)21(17)29)13-26-27-20(28)7-6-8-25-23(30)15-11-18(31-2)22(33-4)19(12-15)32-3/h9-13,29H,5-8H2,1-4H3,(H,25,30)(H,27,28). The van der Waals surface area contributed by atoms with Crippen LogP contribution in [0.4, 0.5) is 0 Å². The quantitative estimate of drug-likeness (QED) is 0.215. The number of nitrogens with one attached hydrogen (secondary N) is 2. The predicted octanol–water partition coefficient (Wildman–Crippen LogP) is 3.24. The second-order valence-electron chi connectivity index (χ2n) is 6.85.